The van der Waals surface area contributed by atoms with E-state index in [0.29, 0.717) is 0 Å². The molecule has 0 amide bonds. The smallest absolute Gasteiger partial charge is 0.207 e. The molecule has 0 unspecified atom stereocenters. The van der Waals surface area contributed by atoms with Crippen LogP contribution in [0.2, 0.25) is 0 Å². The zero-order chi connectivity index (χ0) is 27.8. The number of hydrogen-bond donors (Lipinski definition) is 0. The Labute approximate surface area is 202 Å². The summed E-state index contributed by atoms with van der Waals surface area (Å²) in [6.45, 7) is 0. The Hall–Kier alpha value is -4.29. The van der Waals surface area contributed by atoms with E-state index < -0.39 is 108 Å². The van der Waals surface area contributed by atoms with Crippen molar-refractivity contribution in [2.24, 2.45) is 0 Å². The van der Waals surface area contributed by atoms with E-state index in [4.69, 9.17) is 0 Å². The highest BCUT2D eigenvalue weighted by molar-refractivity contribution is 6.08. The molecule has 0 aliphatic carbocycles. The minimum absolute atomic E-state index is 0.0772. The van der Waals surface area contributed by atoms with Crippen molar-refractivity contribution < 1.29 is 57.3 Å². The van der Waals surface area contributed by atoms with Gasteiger partial charge in [-0.1, -0.05) is 0 Å². The summed E-state index contributed by atoms with van der Waals surface area (Å²) >= 11 is 0. The van der Waals surface area contributed by atoms with Gasteiger partial charge in [0, 0.05) is 29.8 Å². The van der Waals surface area contributed by atoms with Crippen molar-refractivity contribution in [1.29, 1.82) is 0 Å². The summed E-state index contributed by atoms with van der Waals surface area (Å²) < 4.78 is 174. The van der Waals surface area contributed by atoms with Crippen molar-refractivity contribution in [2.45, 2.75) is 0 Å². The number of nitrogens with zero attached hydrogens (tertiary/aromatic N) is 1. The summed E-state index contributed by atoms with van der Waals surface area (Å²) in [5.41, 5.74) is -6.97. The molecule has 0 saturated heterocycles. The van der Waals surface area contributed by atoms with Gasteiger partial charge in [-0.15, -0.1) is 4.57 Å². The van der Waals surface area contributed by atoms with Crippen LogP contribution in [0.1, 0.15) is 0 Å². The van der Waals surface area contributed by atoms with Gasteiger partial charge in [-0.05, 0) is 12.1 Å². The zero-order valence-corrected chi connectivity index (χ0v) is 17.9. The highest BCUT2D eigenvalue weighted by Crippen LogP contribution is 2.41. The second kappa shape index (κ2) is 8.64. The van der Waals surface area contributed by atoms with Gasteiger partial charge in [-0.25, -0.2) is 35.1 Å². The van der Waals surface area contributed by atoms with Crippen LogP contribution in [0.15, 0.2) is 36.4 Å². The average Bonchev–Trinajstić information content (AvgIpc) is 2.81. The van der Waals surface area contributed by atoms with E-state index in [9.17, 15) is 43.9 Å². The van der Waals surface area contributed by atoms with Crippen LogP contribution >= 0.6 is 0 Å². The maximum absolute atomic E-state index is 15.2. The molecule has 13 heteroatoms. The Balaban J connectivity index is 2.19. The van der Waals surface area contributed by atoms with E-state index >= 15 is 8.78 Å². The number of pyridine rings is 1. The predicted octanol–water partition coefficient (Wildman–Crippen LogP) is 7.61. The Kier molecular flexibility index (Phi) is 5.76. The van der Waals surface area contributed by atoms with E-state index in [1.54, 1.807) is 0 Å². The number of halogens is 12. The molecule has 0 spiro atoms. The van der Waals surface area contributed by atoms with Gasteiger partial charge in [0.25, 0.3) is 16.7 Å². The standard InChI is InChI=1S/C25H6F12N/c26-7-1-10-16(17-18(33)20(35)22(37)21(36)19(17)34)11-2-8(27)4-13(30)24(11)38(23(10)12(29)3-7)25-14(31)5-9(28)6-15(25)32/h1-6H/q+1. The van der Waals surface area contributed by atoms with Gasteiger partial charge in [0.15, 0.2) is 34.9 Å². The van der Waals surface area contributed by atoms with Crippen LogP contribution in [0.3, 0.4) is 0 Å². The predicted molar refractivity (Wildman–Crippen MR) is 108 cm³/mol. The average molecular weight is 548 g/mol. The molecule has 194 valence electrons. The summed E-state index contributed by atoms with van der Waals surface area (Å²) in [6.07, 6.45) is 0. The fourth-order valence-corrected chi connectivity index (χ4v) is 4.29. The Morgan fingerprint density at radius 1 is 0.368 bits per heavy atom. The maximum Gasteiger partial charge on any atom is 0.284 e. The van der Waals surface area contributed by atoms with E-state index in [2.05, 4.69) is 0 Å². The van der Waals surface area contributed by atoms with Gasteiger partial charge in [0.05, 0.1) is 16.3 Å². The lowest BCUT2D eigenvalue weighted by Crippen LogP contribution is -2.37. The van der Waals surface area contributed by atoms with Crippen LogP contribution < -0.4 is 4.57 Å². The molecule has 1 nitrogen and oxygen atoms in total. The van der Waals surface area contributed by atoms with Crippen LogP contribution in [0.25, 0.3) is 38.6 Å². The first-order valence-corrected chi connectivity index (χ1v) is 10.2. The second-order valence-corrected chi connectivity index (χ2v) is 7.94. The van der Waals surface area contributed by atoms with Crippen molar-refractivity contribution in [3.05, 3.63) is 106 Å². The maximum atomic E-state index is 15.2. The van der Waals surface area contributed by atoms with Gasteiger partial charge >= 0.3 is 0 Å². The third-order valence-electron chi connectivity index (χ3n) is 5.71. The van der Waals surface area contributed by atoms with E-state index in [0.717, 1.165) is 0 Å². The second-order valence-electron chi connectivity index (χ2n) is 7.94. The molecular formula is C25H6F12N+. The minimum atomic E-state index is -2.60. The van der Waals surface area contributed by atoms with Gasteiger partial charge in [0.1, 0.15) is 17.5 Å². The first-order valence-electron chi connectivity index (χ1n) is 10.2. The van der Waals surface area contributed by atoms with E-state index in [-0.39, 0.29) is 41.0 Å². The van der Waals surface area contributed by atoms with Crippen molar-refractivity contribution in [1.82, 2.24) is 0 Å². The summed E-state index contributed by atoms with van der Waals surface area (Å²) in [4.78, 5) is 0. The minimum Gasteiger partial charge on any atom is -0.207 e. The molecule has 0 N–H and O–H groups in total. The molecule has 0 saturated carbocycles. The first kappa shape index (κ1) is 25.4. The van der Waals surface area contributed by atoms with Crippen molar-refractivity contribution in [2.75, 3.05) is 0 Å². The summed E-state index contributed by atoms with van der Waals surface area (Å²) in [7, 11) is 0. The summed E-state index contributed by atoms with van der Waals surface area (Å²) in [6, 6.07) is 0.975. The molecule has 0 aliphatic heterocycles. The van der Waals surface area contributed by atoms with Crippen LogP contribution in [0.5, 0.6) is 0 Å². The monoisotopic (exact) mass is 548 g/mol. The van der Waals surface area contributed by atoms with Crippen LogP contribution in [0.4, 0.5) is 52.7 Å². The molecule has 0 atom stereocenters. The number of rotatable bonds is 2. The first-order chi connectivity index (χ1) is 17.8. The van der Waals surface area contributed by atoms with Crippen LogP contribution in [0, 0.1) is 69.8 Å². The molecule has 1 aromatic heterocycles. The molecule has 0 bridgehead atoms. The van der Waals surface area contributed by atoms with Gasteiger partial charge in [-0.2, -0.15) is 17.6 Å². The van der Waals surface area contributed by atoms with Gasteiger partial charge < -0.3 is 0 Å². The van der Waals surface area contributed by atoms with E-state index in [1.165, 1.54) is 0 Å². The Morgan fingerprint density at radius 2 is 0.711 bits per heavy atom. The van der Waals surface area contributed by atoms with Crippen LogP contribution in [-0.4, -0.2) is 0 Å². The Morgan fingerprint density at radius 3 is 1.13 bits per heavy atom. The molecule has 0 fully saturated rings. The van der Waals surface area contributed by atoms with Crippen molar-refractivity contribution >= 4 is 21.8 Å². The molecule has 4 aromatic carbocycles. The van der Waals surface area contributed by atoms with Crippen LogP contribution in [-0.2, 0) is 0 Å². The molecular weight excluding hydrogens is 542 g/mol. The third-order valence-corrected chi connectivity index (χ3v) is 5.71. The third kappa shape index (κ3) is 3.56. The highest BCUT2D eigenvalue weighted by Gasteiger charge is 2.37. The van der Waals surface area contributed by atoms with Crippen molar-refractivity contribution in [3.8, 4) is 16.8 Å². The largest absolute Gasteiger partial charge is 0.284 e. The number of benzene rings is 4. The number of aromatic nitrogens is 1. The molecule has 0 aliphatic rings. The van der Waals surface area contributed by atoms with Gasteiger partial charge in [0.2, 0.25) is 17.5 Å². The van der Waals surface area contributed by atoms with Crippen molar-refractivity contribution in [3.63, 3.8) is 0 Å². The quantitative estimate of drug-likeness (QED) is 0.0704. The molecule has 1 heterocycles. The van der Waals surface area contributed by atoms with Gasteiger partial charge in [-0.3, -0.25) is 0 Å². The highest BCUT2D eigenvalue weighted by atomic mass is 19.2. The zero-order valence-electron chi connectivity index (χ0n) is 17.9. The lowest BCUT2D eigenvalue weighted by molar-refractivity contribution is -0.544. The summed E-state index contributed by atoms with van der Waals surface area (Å²) in [5.74, 6) is -24.2. The van der Waals surface area contributed by atoms with E-state index in [1.807, 2.05) is 0 Å². The molecule has 0 radical (unpaired) electrons. The number of hydrogen-bond acceptors (Lipinski definition) is 0. The fourth-order valence-electron chi connectivity index (χ4n) is 4.29. The number of fused-ring (bicyclic) bond motifs is 2. The Bertz CT molecular complexity index is 1730. The fraction of sp³-hybridized carbons (Fsp3) is 0. The molecule has 5 aromatic rings. The lowest BCUT2D eigenvalue weighted by atomic mass is 9.93. The normalized spacial score (nSPS) is 11.7. The lowest BCUT2D eigenvalue weighted by Gasteiger charge is -2.15. The molecule has 5 rings (SSSR count). The summed E-state index contributed by atoms with van der Waals surface area (Å²) in [5, 5.41) is -2.21. The topological polar surface area (TPSA) is 3.88 Å². The SMILES string of the molecule is Fc1cc(F)c(-[n+]2c3c(F)cc(F)cc3c(-c3c(F)c(F)c(F)c(F)c3F)c3cc(F)cc(F)c32)c(F)c1. The molecule has 38 heavy (non-hydrogen) atoms.